The van der Waals surface area contributed by atoms with Crippen molar-refractivity contribution in [1.29, 1.82) is 0 Å². The average Bonchev–Trinajstić information content (AvgIpc) is 2.65. The third kappa shape index (κ3) is 2.34. The van der Waals surface area contributed by atoms with Gasteiger partial charge < -0.3 is 5.73 Å². The summed E-state index contributed by atoms with van der Waals surface area (Å²) in [5, 5.41) is 4.74. The van der Waals surface area contributed by atoms with Crippen LogP contribution < -0.4 is 5.73 Å². The molecule has 0 unspecified atom stereocenters. The van der Waals surface area contributed by atoms with Crippen molar-refractivity contribution < 1.29 is 0 Å². The molecule has 0 radical (unpaired) electrons. The van der Waals surface area contributed by atoms with Crippen LogP contribution in [0.2, 0.25) is 5.02 Å². The van der Waals surface area contributed by atoms with Crippen molar-refractivity contribution in [1.82, 2.24) is 14.8 Å². The summed E-state index contributed by atoms with van der Waals surface area (Å²) in [5.74, 6) is 0. The zero-order valence-corrected chi connectivity index (χ0v) is 8.85. The number of rotatable bonds is 3. The molecule has 0 spiro atoms. The minimum absolute atomic E-state index is 0.436. The molecular formula is C10H11ClN4. The SMILES string of the molecule is NCc1ncccc1Cn1cc(Cl)cn1. The molecule has 0 atom stereocenters. The highest BCUT2D eigenvalue weighted by Gasteiger charge is 2.03. The van der Waals surface area contributed by atoms with Crippen molar-refractivity contribution in [3.63, 3.8) is 0 Å². The quantitative estimate of drug-likeness (QED) is 0.855. The van der Waals surface area contributed by atoms with Crippen LogP contribution in [0.5, 0.6) is 0 Å². The van der Waals surface area contributed by atoms with Crippen molar-refractivity contribution in [3.05, 3.63) is 47.0 Å². The Labute approximate surface area is 92.7 Å². The summed E-state index contributed by atoms with van der Waals surface area (Å²) in [6.45, 7) is 1.08. The molecule has 78 valence electrons. The lowest BCUT2D eigenvalue weighted by atomic mass is 10.2. The lowest BCUT2D eigenvalue weighted by Crippen LogP contribution is -2.08. The molecule has 0 aliphatic heterocycles. The Balaban J connectivity index is 2.23. The van der Waals surface area contributed by atoms with Crippen LogP contribution >= 0.6 is 11.6 Å². The molecule has 0 amide bonds. The molecule has 0 bridgehead atoms. The van der Waals surface area contributed by atoms with Crippen molar-refractivity contribution >= 4 is 11.6 Å². The molecular weight excluding hydrogens is 212 g/mol. The molecule has 0 aromatic carbocycles. The second kappa shape index (κ2) is 4.42. The molecule has 5 heteroatoms. The van der Waals surface area contributed by atoms with Crippen LogP contribution in [0, 0.1) is 0 Å². The predicted molar refractivity (Wildman–Crippen MR) is 58.5 cm³/mol. The summed E-state index contributed by atoms with van der Waals surface area (Å²) in [5.41, 5.74) is 7.55. The monoisotopic (exact) mass is 222 g/mol. The van der Waals surface area contributed by atoms with Crippen LogP contribution in [-0.2, 0) is 13.1 Å². The summed E-state index contributed by atoms with van der Waals surface area (Å²) >= 11 is 5.78. The molecule has 0 aliphatic rings. The van der Waals surface area contributed by atoms with Gasteiger partial charge in [0.15, 0.2) is 0 Å². The minimum atomic E-state index is 0.436. The zero-order chi connectivity index (χ0) is 10.7. The van der Waals surface area contributed by atoms with E-state index in [2.05, 4.69) is 10.1 Å². The first-order valence-corrected chi connectivity index (χ1v) is 4.98. The standard InChI is InChI=1S/C10H11ClN4/c11-9-5-14-15(7-9)6-8-2-1-3-13-10(8)4-12/h1-3,5,7H,4,6,12H2. The van der Waals surface area contributed by atoms with E-state index in [1.165, 1.54) is 0 Å². The first-order chi connectivity index (χ1) is 7.29. The van der Waals surface area contributed by atoms with Gasteiger partial charge >= 0.3 is 0 Å². The second-order valence-electron chi connectivity index (χ2n) is 3.17. The molecule has 0 fully saturated rings. The number of nitrogens with zero attached hydrogens (tertiary/aromatic N) is 3. The number of hydrogen-bond donors (Lipinski definition) is 1. The maximum Gasteiger partial charge on any atom is 0.0785 e. The van der Waals surface area contributed by atoms with Gasteiger partial charge in [0, 0.05) is 18.9 Å². The van der Waals surface area contributed by atoms with E-state index in [0.717, 1.165) is 11.3 Å². The Bertz CT molecular complexity index is 452. The molecule has 2 aromatic heterocycles. The first kappa shape index (κ1) is 10.1. The highest BCUT2D eigenvalue weighted by atomic mass is 35.5. The van der Waals surface area contributed by atoms with E-state index in [0.29, 0.717) is 18.1 Å². The fourth-order valence-electron chi connectivity index (χ4n) is 1.40. The van der Waals surface area contributed by atoms with Gasteiger partial charge in [-0.05, 0) is 11.6 Å². The Hall–Kier alpha value is -1.39. The Morgan fingerprint density at radius 1 is 1.47 bits per heavy atom. The minimum Gasteiger partial charge on any atom is -0.325 e. The summed E-state index contributed by atoms with van der Waals surface area (Å²) in [4.78, 5) is 4.20. The number of aromatic nitrogens is 3. The van der Waals surface area contributed by atoms with Crippen LogP contribution in [0.15, 0.2) is 30.7 Å². The van der Waals surface area contributed by atoms with E-state index in [4.69, 9.17) is 17.3 Å². The van der Waals surface area contributed by atoms with E-state index in [9.17, 15) is 0 Å². The molecule has 0 aliphatic carbocycles. The van der Waals surface area contributed by atoms with Crippen molar-refractivity contribution in [2.75, 3.05) is 0 Å². The van der Waals surface area contributed by atoms with Crippen molar-refractivity contribution in [3.8, 4) is 0 Å². The molecule has 4 nitrogen and oxygen atoms in total. The van der Waals surface area contributed by atoms with E-state index in [1.807, 2.05) is 12.1 Å². The van der Waals surface area contributed by atoms with Crippen LogP contribution in [0.4, 0.5) is 0 Å². The van der Waals surface area contributed by atoms with Crippen molar-refractivity contribution in [2.24, 2.45) is 5.73 Å². The molecule has 0 saturated heterocycles. The smallest absolute Gasteiger partial charge is 0.0785 e. The van der Waals surface area contributed by atoms with Gasteiger partial charge in [-0.25, -0.2) is 0 Å². The topological polar surface area (TPSA) is 56.7 Å². The predicted octanol–water partition coefficient (Wildman–Crippen LogP) is 1.44. The van der Waals surface area contributed by atoms with Gasteiger partial charge in [-0.2, -0.15) is 5.10 Å². The molecule has 0 saturated carbocycles. The van der Waals surface area contributed by atoms with Gasteiger partial charge in [0.05, 0.1) is 23.5 Å². The highest BCUT2D eigenvalue weighted by Crippen LogP contribution is 2.09. The van der Waals surface area contributed by atoms with Crippen LogP contribution in [-0.4, -0.2) is 14.8 Å². The molecule has 15 heavy (non-hydrogen) atoms. The van der Waals surface area contributed by atoms with E-state index >= 15 is 0 Å². The van der Waals surface area contributed by atoms with Gasteiger partial charge in [-0.15, -0.1) is 0 Å². The normalized spacial score (nSPS) is 10.5. The van der Waals surface area contributed by atoms with Crippen LogP contribution in [0.25, 0.3) is 0 Å². The largest absolute Gasteiger partial charge is 0.325 e. The number of pyridine rings is 1. The van der Waals surface area contributed by atoms with E-state index < -0.39 is 0 Å². The van der Waals surface area contributed by atoms with Crippen LogP contribution in [0.3, 0.4) is 0 Å². The fourth-order valence-corrected chi connectivity index (χ4v) is 1.55. The average molecular weight is 223 g/mol. The summed E-state index contributed by atoms with van der Waals surface area (Å²) in [6, 6.07) is 3.88. The maximum atomic E-state index is 5.78. The molecule has 2 rings (SSSR count). The van der Waals surface area contributed by atoms with Gasteiger partial charge in [0.2, 0.25) is 0 Å². The van der Waals surface area contributed by atoms with Crippen LogP contribution in [0.1, 0.15) is 11.3 Å². The Kier molecular flexibility index (Phi) is 2.99. The third-order valence-corrected chi connectivity index (χ3v) is 2.31. The second-order valence-corrected chi connectivity index (χ2v) is 3.61. The molecule has 2 heterocycles. The zero-order valence-electron chi connectivity index (χ0n) is 8.10. The maximum absolute atomic E-state index is 5.78. The van der Waals surface area contributed by atoms with E-state index in [1.54, 1.807) is 23.3 Å². The van der Waals surface area contributed by atoms with Gasteiger partial charge in [-0.3, -0.25) is 9.67 Å². The van der Waals surface area contributed by atoms with Gasteiger partial charge in [-0.1, -0.05) is 17.7 Å². The third-order valence-electron chi connectivity index (χ3n) is 2.11. The highest BCUT2D eigenvalue weighted by molar-refractivity contribution is 6.30. The molecule has 2 N–H and O–H groups in total. The number of halogens is 1. The van der Waals surface area contributed by atoms with Crippen molar-refractivity contribution in [2.45, 2.75) is 13.1 Å². The Morgan fingerprint density at radius 3 is 3.00 bits per heavy atom. The summed E-state index contributed by atoms with van der Waals surface area (Å²) in [6.07, 6.45) is 5.12. The number of nitrogens with two attached hydrogens (primary N) is 1. The lowest BCUT2D eigenvalue weighted by molar-refractivity contribution is 0.676. The molecule has 2 aromatic rings. The lowest BCUT2D eigenvalue weighted by Gasteiger charge is -2.05. The van der Waals surface area contributed by atoms with Gasteiger partial charge in [0.25, 0.3) is 0 Å². The van der Waals surface area contributed by atoms with E-state index in [-0.39, 0.29) is 0 Å². The number of hydrogen-bond acceptors (Lipinski definition) is 3. The Morgan fingerprint density at radius 2 is 2.33 bits per heavy atom. The van der Waals surface area contributed by atoms with Gasteiger partial charge in [0.1, 0.15) is 0 Å². The first-order valence-electron chi connectivity index (χ1n) is 4.60. The fraction of sp³-hybridized carbons (Fsp3) is 0.200. The summed E-state index contributed by atoms with van der Waals surface area (Å²) < 4.78 is 1.76. The summed E-state index contributed by atoms with van der Waals surface area (Å²) in [7, 11) is 0.